The molecule has 0 spiro atoms. The number of aromatic amines is 1. The van der Waals surface area contributed by atoms with Crippen molar-refractivity contribution in [2.24, 2.45) is 0 Å². The number of hydrogen-bond acceptors (Lipinski definition) is 3. The van der Waals surface area contributed by atoms with E-state index in [1.807, 2.05) is 36.5 Å². The molecular weight excluding hydrogens is 480 g/mol. The Labute approximate surface area is 226 Å². The van der Waals surface area contributed by atoms with Crippen molar-refractivity contribution in [2.45, 2.75) is 26.2 Å². The summed E-state index contributed by atoms with van der Waals surface area (Å²) in [5.74, 6) is 1.04. The number of aromatic nitrogens is 4. The lowest BCUT2D eigenvalue weighted by molar-refractivity contribution is 0.480. The van der Waals surface area contributed by atoms with Crippen LogP contribution in [0.15, 0.2) is 103 Å². The van der Waals surface area contributed by atoms with Crippen LogP contribution < -0.4 is 0 Å². The van der Waals surface area contributed by atoms with Crippen LogP contribution in [-0.4, -0.2) is 24.6 Å². The monoisotopic (exact) mass is 508 g/mol. The predicted octanol–water partition coefficient (Wildman–Crippen LogP) is 8.39. The van der Waals surface area contributed by atoms with Crippen LogP contribution in [0.5, 0.6) is 5.75 Å². The fraction of sp³-hybridized carbons (Fsp3) is 0.118. The van der Waals surface area contributed by atoms with Gasteiger partial charge >= 0.3 is 0 Å². The van der Waals surface area contributed by atoms with E-state index in [0.717, 1.165) is 55.7 Å². The van der Waals surface area contributed by atoms with Crippen LogP contribution in [0.4, 0.5) is 0 Å². The summed E-state index contributed by atoms with van der Waals surface area (Å²) in [6.45, 7) is 6.72. The maximum Gasteiger partial charge on any atom is 0.147 e. The highest BCUT2D eigenvalue weighted by atomic mass is 16.3. The molecule has 7 aromatic rings. The van der Waals surface area contributed by atoms with E-state index < -0.39 is 0 Å². The molecule has 3 aromatic heterocycles. The van der Waals surface area contributed by atoms with Crippen LogP contribution in [0.3, 0.4) is 0 Å². The van der Waals surface area contributed by atoms with E-state index in [9.17, 15) is 5.11 Å². The van der Waals surface area contributed by atoms with E-state index in [-0.39, 0.29) is 11.2 Å². The molecule has 0 saturated carbocycles. The first-order chi connectivity index (χ1) is 18.9. The normalized spacial score (nSPS) is 12.1. The SMILES string of the molecule is CC(C)(C)c1cc(-c2nc3c(-c4ccc5cccc(O)c5n4)cccc3n2-c2ccccc2)c2[nH]ccc2c1. The maximum absolute atomic E-state index is 10.5. The molecule has 0 bridgehead atoms. The van der Waals surface area contributed by atoms with E-state index >= 15 is 0 Å². The van der Waals surface area contributed by atoms with Gasteiger partial charge in [0, 0.05) is 33.8 Å². The molecule has 0 aliphatic carbocycles. The van der Waals surface area contributed by atoms with Crippen LogP contribution in [0.25, 0.3) is 61.2 Å². The Balaban J connectivity index is 1.56. The Morgan fingerprint density at radius 3 is 2.36 bits per heavy atom. The van der Waals surface area contributed by atoms with Gasteiger partial charge < -0.3 is 10.1 Å². The van der Waals surface area contributed by atoms with Crippen molar-refractivity contribution in [1.82, 2.24) is 19.5 Å². The standard InChI is InChI=1S/C34H28N4O/c1-34(2,3)23-19-22-17-18-35-30(22)26(20-23)33-37-32-25(27-16-15-21-9-7-14-29(39)31(21)36-27)12-8-13-28(32)38(33)24-10-5-4-6-11-24/h4-20,35,39H,1-3H3. The van der Waals surface area contributed by atoms with Crippen molar-refractivity contribution in [1.29, 1.82) is 0 Å². The third kappa shape index (κ3) is 3.77. The number of phenols is 1. The van der Waals surface area contributed by atoms with Gasteiger partial charge in [-0.3, -0.25) is 4.57 Å². The molecule has 190 valence electrons. The van der Waals surface area contributed by atoms with Crippen LogP contribution in [-0.2, 0) is 5.41 Å². The Hall–Kier alpha value is -4.90. The number of aromatic hydroxyl groups is 1. The van der Waals surface area contributed by atoms with Gasteiger partial charge in [-0.05, 0) is 59.5 Å². The Bertz CT molecular complexity index is 2010. The Morgan fingerprint density at radius 2 is 1.54 bits per heavy atom. The fourth-order valence-electron chi connectivity index (χ4n) is 5.39. The molecule has 2 N–H and O–H groups in total. The van der Waals surface area contributed by atoms with Crippen molar-refractivity contribution < 1.29 is 5.11 Å². The molecule has 5 nitrogen and oxygen atoms in total. The maximum atomic E-state index is 10.5. The summed E-state index contributed by atoms with van der Waals surface area (Å²) in [7, 11) is 0. The number of pyridine rings is 1. The summed E-state index contributed by atoms with van der Waals surface area (Å²) < 4.78 is 2.24. The average Bonchev–Trinajstić information content (AvgIpc) is 3.57. The zero-order chi connectivity index (χ0) is 26.7. The van der Waals surface area contributed by atoms with E-state index in [4.69, 9.17) is 9.97 Å². The number of rotatable bonds is 3. The molecule has 0 radical (unpaired) electrons. The molecule has 7 rings (SSSR count). The summed E-state index contributed by atoms with van der Waals surface area (Å²) >= 11 is 0. The molecule has 4 aromatic carbocycles. The van der Waals surface area contributed by atoms with Gasteiger partial charge in [0.2, 0.25) is 0 Å². The van der Waals surface area contributed by atoms with E-state index in [1.165, 1.54) is 5.56 Å². The van der Waals surface area contributed by atoms with E-state index in [1.54, 1.807) is 6.07 Å². The van der Waals surface area contributed by atoms with E-state index in [2.05, 4.69) is 91.0 Å². The largest absolute Gasteiger partial charge is 0.506 e. The lowest BCUT2D eigenvalue weighted by atomic mass is 9.85. The first-order valence-corrected chi connectivity index (χ1v) is 13.2. The highest BCUT2D eigenvalue weighted by molar-refractivity contribution is 6.00. The number of nitrogens with one attached hydrogen (secondary N) is 1. The van der Waals surface area contributed by atoms with Gasteiger partial charge in [0.15, 0.2) is 0 Å². The number of fused-ring (bicyclic) bond motifs is 3. The fourth-order valence-corrected chi connectivity index (χ4v) is 5.39. The smallest absolute Gasteiger partial charge is 0.147 e. The summed E-state index contributed by atoms with van der Waals surface area (Å²) in [6.07, 6.45) is 1.99. The highest BCUT2D eigenvalue weighted by Gasteiger charge is 2.23. The number of phenolic OH excluding ortho intramolecular Hbond substituents is 1. The molecule has 0 aliphatic heterocycles. The first kappa shape index (κ1) is 23.2. The first-order valence-electron chi connectivity index (χ1n) is 13.2. The van der Waals surface area contributed by atoms with Gasteiger partial charge in [-0.1, -0.05) is 69.3 Å². The predicted molar refractivity (Wildman–Crippen MR) is 159 cm³/mol. The zero-order valence-corrected chi connectivity index (χ0v) is 22.1. The zero-order valence-electron chi connectivity index (χ0n) is 22.1. The van der Waals surface area contributed by atoms with Crippen molar-refractivity contribution in [3.63, 3.8) is 0 Å². The lowest BCUT2D eigenvalue weighted by Crippen LogP contribution is -2.11. The van der Waals surface area contributed by atoms with Gasteiger partial charge in [0.05, 0.1) is 22.2 Å². The Kier molecular flexibility index (Phi) is 5.10. The average molecular weight is 509 g/mol. The molecule has 0 fully saturated rings. The topological polar surface area (TPSA) is 66.7 Å². The molecule has 0 aliphatic rings. The second-order valence-corrected chi connectivity index (χ2v) is 11.0. The summed E-state index contributed by atoms with van der Waals surface area (Å²) in [5, 5.41) is 12.5. The number of H-pyrrole nitrogens is 1. The van der Waals surface area contributed by atoms with Crippen molar-refractivity contribution >= 4 is 32.8 Å². The summed E-state index contributed by atoms with van der Waals surface area (Å²) in [6, 6.07) is 32.7. The summed E-state index contributed by atoms with van der Waals surface area (Å²) in [5.41, 5.74) is 8.51. The van der Waals surface area contributed by atoms with Crippen molar-refractivity contribution in [3.05, 3.63) is 109 Å². The minimum Gasteiger partial charge on any atom is -0.506 e. The summed E-state index contributed by atoms with van der Waals surface area (Å²) in [4.78, 5) is 13.7. The number of hydrogen-bond donors (Lipinski definition) is 2. The molecule has 0 atom stereocenters. The molecule has 5 heteroatoms. The van der Waals surface area contributed by atoms with Gasteiger partial charge in [0.1, 0.15) is 17.1 Å². The molecular formula is C34H28N4O. The van der Waals surface area contributed by atoms with E-state index in [0.29, 0.717) is 5.52 Å². The van der Waals surface area contributed by atoms with Gasteiger partial charge in [-0.15, -0.1) is 0 Å². The quantitative estimate of drug-likeness (QED) is 0.252. The molecule has 3 heterocycles. The second-order valence-electron chi connectivity index (χ2n) is 11.0. The molecule has 0 unspecified atom stereocenters. The second kappa shape index (κ2) is 8.57. The minimum absolute atomic E-state index is 0.0218. The van der Waals surface area contributed by atoms with Crippen LogP contribution >= 0.6 is 0 Å². The minimum atomic E-state index is -0.0218. The van der Waals surface area contributed by atoms with Crippen LogP contribution in [0, 0.1) is 0 Å². The van der Waals surface area contributed by atoms with Crippen molar-refractivity contribution in [3.8, 4) is 34.1 Å². The number of nitrogens with zero attached hydrogens (tertiary/aromatic N) is 3. The van der Waals surface area contributed by atoms with Gasteiger partial charge in [0.25, 0.3) is 0 Å². The number of benzene rings is 4. The third-order valence-corrected chi connectivity index (χ3v) is 7.44. The lowest BCUT2D eigenvalue weighted by Gasteiger charge is -2.21. The number of para-hydroxylation sites is 3. The highest BCUT2D eigenvalue weighted by Crippen LogP contribution is 2.39. The van der Waals surface area contributed by atoms with Crippen LogP contribution in [0.2, 0.25) is 0 Å². The van der Waals surface area contributed by atoms with Crippen molar-refractivity contribution in [2.75, 3.05) is 0 Å². The molecule has 0 amide bonds. The van der Waals surface area contributed by atoms with Gasteiger partial charge in [-0.25, -0.2) is 9.97 Å². The number of imidazole rings is 1. The Morgan fingerprint density at radius 1 is 0.718 bits per heavy atom. The van der Waals surface area contributed by atoms with Gasteiger partial charge in [-0.2, -0.15) is 0 Å². The molecule has 39 heavy (non-hydrogen) atoms. The third-order valence-electron chi connectivity index (χ3n) is 7.44. The van der Waals surface area contributed by atoms with Crippen LogP contribution in [0.1, 0.15) is 26.3 Å². The molecule has 0 saturated heterocycles.